The minimum atomic E-state index is -4.84. The monoisotopic (exact) mass is 508 g/mol. The molecule has 1 aliphatic heterocycles. The largest absolute Gasteiger partial charge is 0.419 e. The van der Waals surface area contributed by atoms with E-state index < -0.39 is 35.6 Å². The molecule has 3 aromatic rings. The molecule has 12 heteroatoms. The fourth-order valence-corrected chi connectivity index (χ4v) is 4.39. The van der Waals surface area contributed by atoms with Gasteiger partial charge in [0.05, 0.1) is 29.0 Å². The van der Waals surface area contributed by atoms with Crippen LogP contribution in [0.15, 0.2) is 36.8 Å². The van der Waals surface area contributed by atoms with Gasteiger partial charge in [0.25, 0.3) is 5.91 Å². The van der Waals surface area contributed by atoms with Crippen molar-refractivity contribution in [3.63, 3.8) is 0 Å². The number of aromatic nitrogens is 3. The van der Waals surface area contributed by atoms with E-state index in [2.05, 4.69) is 25.6 Å². The molecule has 3 heterocycles. The van der Waals surface area contributed by atoms with E-state index in [-0.39, 0.29) is 17.2 Å². The summed E-state index contributed by atoms with van der Waals surface area (Å²) in [5, 5.41) is 19.6. The van der Waals surface area contributed by atoms with Crippen molar-refractivity contribution in [2.75, 3.05) is 24.5 Å². The zero-order valence-electron chi connectivity index (χ0n) is 19.9. The van der Waals surface area contributed by atoms with Crippen molar-refractivity contribution in [1.29, 1.82) is 0 Å². The van der Waals surface area contributed by atoms with Crippen LogP contribution in [-0.4, -0.2) is 57.4 Å². The van der Waals surface area contributed by atoms with Gasteiger partial charge in [0, 0.05) is 37.4 Å². The van der Waals surface area contributed by atoms with E-state index in [9.17, 15) is 27.5 Å². The van der Waals surface area contributed by atoms with E-state index in [0.29, 0.717) is 37.0 Å². The predicted octanol–water partition coefficient (Wildman–Crippen LogP) is 3.32. The average molecular weight is 509 g/mol. The summed E-state index contributed by atoms with van der Waals surface area (Å²) in [5.74, 6) is -1.98. The number of amides is 1. The molecule has 0 aliphatic carbocycles. The SMILES string of the molecule is C[C@@H](O)CNC1CCN(c2cc(C(=O)N[C@H](C)c3cccc(C(F)(F)F)c3F)cn3ncnc23)CC1. The molecule has 4 rings (SSSR count). The summed E-state index contributed by atoms with van der Waals surface area (Å²) < 4.78 is 55.3. The lowest BCUT2D eigenvalue weighted by Crippen LogP contribution is -2.44. The van der Waals surface area contributed by atoms with Crippen molar-refractivity contribution < 1.29 is 27.5 Å². The van der Waals surface area contributed by atoms with Crippen LogP contribution in [0.5, 0.6) is 0 Å². The van der Waals surface area contributed by atoms with Gasteiger partial charge in [-0.2, -0.15) is 18.3 Å². The normalized spacial score (nSPS) is 16.8. The molecule has 0 unspecified atom stereocenters. The number of alkyl halides is 3. The molecule has 1 aliphatic rings. The first kappa shape index (κ1) is 25.8. The Bertz CT molecular complexity index is 1220. The summed E-state index contributed by atoms with van der Waals surface area (Å²) in [7, 11) is 0. The number of carbonyl (C=O) groups excluding carboxylic acids is 1. The summed E-state index contributed by atoms with van der Waals surface area (Å²) in [4.78, 5) is 19.4. The van der Waals surface area contributed by atoms with E-state index >= 15 is 0 Å². The Balaban J connectivity index is 1.53. The van der Waals surface area contributed by atoms with Crippen molar-refractivity contribution in [2.45, 2.75) is 51.1 Å². The number of hydrogen-bond donors (Lipinski definition) is 3. The van der Waals surface area contributed by atoms with Crippen LogP contribution in [0.25, 0.3) is 5.65 Å². The third-order valence-electron chi connectivity index (χ3n) is 6.30. The van der Waals surface area contributed by atoms with Crippen LogP contribution >= 0.6 is 0 Å². The van der Waals surface area contributed by atoms with Crippen LogP contribution in [0, 0.1) is 5.82 Å². The molecule has 194 valence electrons. The van der Waals surface area contributed by atoms with Crippen LogP contribution in [0.2, 0.25) is 0 Å². The molecule has 0 saturated carbocycles. The topological polar surface area (TPSA) is 94.8 Å². The number of aliphatic hydroxyl groups is 1. The maximum Gasteiger partial charge on any atom is 0.419 e. The van der Waals surface area contributed by atoms with Crippen LogP contribution in [0.1, 0.15) is 54.2 Å². The van der Waals surface area contributed by atoms with Gasteiger partial charge in [-0.15, -0.1) is 0 Å². The summed E-state index contributed by atoms with van der Waals surface area (Å²) in [6.07, 6.45) is -0.757. The number of rotatable bonds is 7. The van der Waals surface area contributed by atoms with E-state index in [4.69, 9.17) is 0 Å². The van der Waals surface area contributed by atoms with Gasteiger partial charge in [0.1, 0.15) is 12.1 Å². The zero-order valence-corrected chi connectivity index (χ0v) is 19.9. The third-order valence-corrected chi connectivity index (χ3v) is 6.30. The molecule has 3 N–H and O–H groups in total. The highest BCUT2D eigenvalue weighted by atomic mass is 19.4. The summed E-state index contributed by atoms with van der Waals surface area (Å²) >= 11 is 0. The standard InChI is InChI=1S/C24H28F4N6O2/c1-14(35)11-29-17-6-8-33(9-7-17)20-10-16(12-34-22(20)30-13-31-34)23(36)32-15(2)18-4-3-5-19(21(18)25)24(26,27)28/h3-5,10,12-15,17,29,35H,6-9,11H2,1-2H3,(H,32,36)/t14-,15-/m1/s1. The molecule has 1 aromatic carbocycles. The number of nitrogens with zero attached hydrogens (tertiary/aromatic N) is 4. The maximum atomic E-state index is 14.6. The van der Waals surface area contributed by atoms with Crippen LogP contribution in [0.3, 0.4) is 0 Å². The Labute approximate surface area is 205 Å². The van der Waals surface area contributed by atoms with E-state index in [0.717, 1.165) is 18.9 Å². The maximum absolute atomic E-state index is 14.6. The van der Waals surface area contributed by atoms with Gasteiger partial charge >= 0.3 is 6.18 Å². The first-order chi connectivity index (χ1) is 17.0. The fraction of sp³-hybridized carbons (Fsp3) is 0.458. The third kappa shape index (κ3) is 5.59. The predicted molar refractivity (Wildman–Crippen MR) is 125 cm³/mol. The average Bonchev–Trinajstić information content (AvgIpc) is 3.30. The molecule has 2 aromatic heterocycles. The highest BCUT2D eigenvalue weighted by Gasteiger charge is 2.35. The number of aliphatic hydroxyl groups excluding tert-OH is 1. The fourth-order valence-electron chi connectivity index (χ4n) is 4.39. The second-order valence-electron chi connectivity index (χ2n) is 9.06. The molecule has 1 saturated heterocycles. The number of carbonyl (C=O) groups is 1. The number of fused-ring (bicyclic) bond motifs is 1. The summed E-state index contributed by atoms with van der Waals surface area (Å²) in [6, 6.07) is 3.92. The molecule has 8 nitrogen and oxygen atoms in total. The number of piperidine rings is 1. The molecule has 2 atom stereocenters. The Kier molecular flexibility index (Phi) is 7.46. The van der Waals surface area contributed by atoms with Crippen molar-refractivity contribution >= 4 is 17.2 Å². The summed E-state index contributed by atoms with van der Waals surface area (Å²) in [5.41, 5.74) is -0.145. The van der Waals surface area contributed by atoms with Gasteiger partial charge in [-0.3, -0.25) is 4.79 Å². The molecular weight excluding hydrogens is 480 g/mol. The van der Waals surface area contributed by atoms with Crippen molar-refractivity contribution in [3.05, 3.63) is 59.3 Å². The second kappa shape index (κ2) is 10.4. The van der Waals surface area contributed by atoms with Crippen LogP contribution < -0.4 is 15.5 Å². The number of benzene rings is 1. The first-order valence-electron chi connectivity index (χ1n) is 11.7. The van der Waals surface area contributed by atoms with Crippen LogP contribution in [-0.2, 0) is 6.18 Å². The van der Waals surface area contributed by atoms with Gasteiger partial charge < -0.3 is 20.6 Å². The number of anilines is 1. The Hall–Kier alpha value is -3.25. The number of hydrogen-bond acceptors (Lipinski definition) is 6. The molecule has 1 fully saturated rings. The lowest BCUT2D eigenvalue weighted by Gasteiger charge is -2.34. The van der Waals surface area contributed by atoms with Crippen LogP contribution in [0.4, 0.5) is 23.2 Å². The smallest absolute Gasteiger partial charge is 0.392 e. The molecular formula is C24H28F4N6O2. The number of nitrogens with one attached hydrogen (secondary N) is 2. The van der Waals surface area contributed by atoms with Gasteiger partial charge in [-0.05, 0) is 38.8 Å². The van der Waals surface area contributed by atoms with Gasteiger partial charge in [-0.1, -0.05) is 12.1 Å². The van der Waals surface area contributed by atoms with Gasteiger partial charge in [0.2, 0.25) is 0 Å². The van der Waals surface area contributed by atoms with E-state index in [1.54, 1.807) is 13.0 Å². The minimum Gasteiger partial charge on any atom is -0.392 e. The van der Waals surface area contributed by atoms with Crippen molar-refractivity contribution in [1.82, 2.24) is 25.2 Å². The summed E-state index contributed by atoms with van der Waals surface area (Å²) in [6.45, 7) is 5.05. The molecule has 1 amide bonds. The van der Waals surface area contributed by atoms with Crippen molar-refractivity contribution in [3.8, 4) is 0 Å². The molecule has 0 radical (unpaired) electrons. The minimum absolute atomic E-state index is 0.219. The Morgan fingerprint density at radius 2 is 1.97 bits per heavy atom. The van der Waals surface area contributed by atoms with E-state index in [1.807, 2.05) is 0 Å². The Morgan fingerprint density at radius 1 is 1.25 bits per heavy atom. The quantitative estimate of drug-likeness (QED) is 0.424. The van der Waals surface area contributed by atoms with Gasteiger partial charge in [-0.25, -0.2) is 13.9 Å². The second-order valence-corrected chi connectivity index (χ2v) is 9.06. The van der Waals surface area contributed by atoms with E-state index in [1.165, 1.54) is 30.0 Å². The van der Waals surface area contributed by atoms with Crippen molar-refractivity contribution in [2.24, 2.45) is 0 Å². The Morgan fingerprint density at radius 3 is 2.64 bits per heavy atom. The molecule has 36 heavy (non-hydrogen) atoms. The highest BCUT2D eigenvalue weighted by Crippen LogP contribution is 2.34. The number of pyridine rings is 1. The molecule has 0 bridgehead atoms. The van der Waals surface area contributed by atoms with Gasteiger partial charge in [0.15, 0.2) is 5.65 Å². The zero-order chi connectivity index (χ0) is 26.0. The first-order valence-corrected chi connectivity index (χ1v) is 11.7. The number of halogens is 4. The molecule has 0 spiro atoms. The highest BCUT2D eigenvalue weighted by molar-refractivity contribution is 5.96. The lowest BCUT2D eigenvalue weighted by atomic mass is 10.0. The lowest BCUT2D eigenvalue weighted by molar-refractivity contribution is -0.140.